The number of rotatable bonds is 8. The van der Waals surface area contributed by atoms with Crippen LogP contribution in [0.15, 0.2) is 66.9 Å². The van der Waals surface area contributed by atoms with E-state index in [1.165, 1.54) is 24.1 Å². The summed E-state index contributed by atoms with van der Waals surface area (Å²) in [7, 11) is 0. The number of anilines is 1. The first kappa shape index (κ1) is 30.6. The number of carbonyl (C=O) groups is 1. The van der Waals surface area contributed by atoms with Crippen molar-refractivity contribution in [2.75, 3.05) is 31.1 Å². The molecule has 0 bridgehead atoms. The van der Waals surface area contributed by atoms with Crippen LogP contribution in [0.5, 0.6) is 0 Å². The van der Waals surface area contributed by atoms with E-state index < -0.39 is 5.92 Å². The largest absolute Gasteiger partial charge is 0.372 e. The Balaban J connectivity index is 0.962. The Morgan fingerprint density at radius 3 is 2.27 bits per heavy atom. The second kappa shape index (κ2) is 13.3. The number of halogens is 3. The van der Waals surface area contributed by atoms with Crippen LogP contribution in [0.2, 0.25) is 0 Å². The molecule has 1 N–H and O–H groups in total. The molecule has 2 unspecified atom stereocenters. The summed E-state index contributed by atoms with van der Waals surface area (Å²) < 4.78 is 40.4. The van der Waals surface area contributed by atoms with Crippen LogP contribution in [-0.4, -0.2) is 48.0 Å². The summed E-state index contributed by atoms with van der Waals surface area (Å²) >= 11 is 0. The van der Waals surface area contributed by atoms with E-state index in [0.717, 1.165) is 89.4 Å². The molecule has 2 atom stereocenters. The zero-order chi connectivity index (χ0) is 30.7. The van der Waals surface area contributed by atoms with E-state index in [1.54, 1.807) is 18.3 Å². The van der Waals surface area contributed by atoms with Gasteiger partial charge in [0.15, 0.2) is 0 Å². The number of benzene rings is 2. The second-order valence-electron chi connectivity index (χ2n) is 13.2. The highest BCUT2D eigenvalue weighted by atomic mass is 19.3. The van der Waals surface area contributed by atoms with Gasteiger partial charge < -0.3 is 10.2 Å². The summed E-state index contributed by atoms with van der Waals surface area (Å²) in [5.74, 6) is -1.32. The number of nitrogens with zero attached hydrogens (tertiary/aromatic N) is 3. The molecule has 3 aromatic rings. The van der Waals surface area contributed by atoms with Crippen LogP contribution < -0.4 is 10.2 Å². The predicted molar refractivity (Wildman–Crippen MR) is 167 cm³/mol. The van der Waals surface area contributed by atoms with Crippen LogP contribution in [-0.2, 0) is 12.5 Å². The van der Waals surface area contributed by atoms with Gasteiger partial charge in [0.1, 0.15) is 11.5 Å². The summed E-state index contributed by atoms with van der Waals surface area (Å²) in [6.07, 6.45) is 9.27. The minimum Gasteiger partial charge on any atom is -0.372 e. The van der Waals surface area contributed by atoms with Crippen LogP contribution in [0.3, 0.4) is 0 Å². The number of alkyl halides is 2. The van der Waals surface area contributed by atoms with Crippen molar-refractivity contribution in [3.63, 3.8) is 0 Å². The van der Waals surface area contributed by atoms with Gasteiger partial charge in [0.05, 0.1) is 0 Å². The molecule has 5 nitrogen and oxygen atoms in total. The number of pyridine rings is 1. The van der Waals surface area contributed by atoms with E-state index in [4.69, 9.17) is 0 Å². The number of piperidine rings is 2. The summed E-state index contributed by atoms with van der Waals surface area (Å²) in [5.41, 5.74) is 3.90. The molecule has 234 valence electrons. The molecule has 1 amide bonds. The smallest absolute Gasteiger partial charge is 0.270 e. The number of likely N-dealkylation sites (tertiary alicyclic amines) is 1. The minimum atomic E-state index is -2.81. The zero-order valence-corrected chi connectivity index (χ0v) is 25.5. The van der Waals surface area contributed by atoms with Gasteiger partial charge in [-0.3, -0.25) is 14.7 Å². The fourth-order valence-corrected chi connectivity index (χ4v) is 7.51. The number of aromatic nitrogens is 1. The first-order valence-electron chi connectivity index (χ1n) is 16.2. The Morgan fingerprint density at radius 2 is 1.59 bits per heavy atom. The van der Waals surface area contributed by atoms with E-state index in [2.05, 4.69) is 26.2 Å². The average molecular weight is 605 g/mol. The van der Waals surface area contributed by atoms with Gasteiger partial charge in [0.25, 0.3) is 11.8 Å². The Hall–Kier alpha value is -3.39. The molecular weight excluding hydrogens is 561 g/mol. The van der Waals surface area contributed by atoms with Gasteiger partial charge in [0, 0.05) is 63.1 Å². The van der Waals surface area contributed by atoms with Crippen molar-refractivity contribution in [2.24, 2.45) is 11.8 Å². The van der Waals surface area contributed by atoms with Crippen molar-refractivity contribution in [1.29, 1.82) is 0 Å². The molecule has 2 aromatic carbocycles. The van der Waals surface area contributed by atoms with Crippen LogP contribution in [0.1, 0.15) is 85.0 Å². The van der Waals surface area contributed by atoms with Crippen LogP contribution in [0.25, 0.3) is 0 Å². The van der Waals surface area contributed by atoms with E-state index in [-0.39, 0.29) is 23.3 Å². The Labute approximate surface area is 258 Å². The number of nitrogens with one attached hydrogen (secondary N) is 1. The van der Waals surface area contributed by atoms with Crippen molar-refractivity contribution in [3.05, 3.63) is 95.1 Å². The predicted octanol–water partition coefficient (Wildman–Crippen LogP) is 7.53. The normalized spacial score (nSPS) is 22.3. The molecule has 8 heteroatoms. The lowest BCUT2D eigenvalue weighted by atomic mass is 9.82. The SMILES string of the molecule is CC(F)(F)c1ccc(N2CCC(C3CCC(c4ccnc(C(=O)NC5CCN(Cc6ccc(F)cc6)CC5)c4)C3)CC2)cc1. The Kier molecular flexibility index (Phi) is 9.26. The fraction of sp³-hybridized carbons (Fsp3) is 0.500. The van der Waals surface area contributed by atoms with Gasteiger partial charge in [-0.05, 0) is 110 Å². The number of hydrogen-bond acceptors (Lipinski definition) is 4. The third-order valence-electron chi connectivity index (χ3n) is 10.1. The molecule has 0 spiro atoms. The lowest BCUT2D eigenvalue weighted by Crippen LogP contribution is -2.44. The van der Waals surface area contributed by atoms with Crippen LogP contribution in [0, 0.1) is 17.7 Å². The molecule has 1 aromatic heterocycles. The van der Waals surface area contributed by atoms with E-state index in [1.807, 2.05) is 30.3 Å². The van der Waals surface area contributed by atoms with E-state index >= 15 is 0 Å². The van der Waals surface area contributed by atoms with Crippen molar-refractivity contribution < 1.29 is 18.0 Å². The number of hydrogen-bond donors (Lipinski definition) is 1. The summed E-state index contributed by atoms with van der Waals surface area (Å²) in [6.45, 7) is 5.43. The lowest BCUT2D eigenvalue weighted by molar-refractivity contribution is 0.0175. The van der Waals surface area contributed by atoms with Gasteiger partial charge in [-0.1, -0.05) is 24.3 Å². The maximum absolute atomic E-state index is 13.6. The molecule has 2 saturated heterocycles. The van der Waals surface area contributed by atoms with E-state index in [9.17, 15) is 18.0 Å². The van der Waals surface area contributed by atoms with Crippen LogP contribution in [0.4, 0.5) is 18.9 Å². The molecule has 3 fully saturated rings. The molecule has 6 rings (SSSR count). The molecule has 1 saturated carbocycles. The maximum Gasteiger partial charge on any atom is 0.270 e. The molecular formula is C36H43F3N4O. The Morgan fingerprint density at radius 1 is 0.886 bits per heavy atom. The Bertz CT molecular complexity index is 1390. The maximum atomic E-state index is 13.6. The van der Waals surface area contributed by atoms with Crippen molar-refractivity contribution >= 4 is 11.6 Å². The third-order valence-corrected chi connectivity index (χ3v) is 10.1. The van der Waals surface area contributed by atoms with Crippen molar-refractivity contribution in [1.82, 2.24) is 15.2 Å². The van der Waals surface area contributed by atoms with Gasteiger partial charge in [-0.15, -0.1) is 0 Å². The first-order valence-corrected chi connectivity index (χ1v) is 16.2. The highest BCUT2D eigenvalue weighted by molar-refractivity contribution is 5.92. The highest BCUT2D eigenvalue weighted by Gasteiger charge is 2.34. The summed E-state index contributed by atoms with van der Waals surface area (Å²) in [6, 6.07) is 17.6. The third kappa shape index (κ3) is 7.45. The quantitative estimate of drug-likeness (QED) is 0.289. The topological polar surface area (TPSA) is 48.5 Å². The average Bonchev–Trinajstić information content (AvgIpc) is 3.54. The van der Waals surface area contributed by atoms with E-state index in [0.29, 0.717) is 23.4 Å². The van der Waals surface area contributed by atoms with Gasteiger partial charge >= 0.3 is 0 Å². The summed E-state index contributed by atoms with van der Waals surface area (Å²) in [4.78, 5) is 22.2. The molecule has 3 aliphatic rings. The molecule has 44 heavy (non-hydrogen) atoms. The minimum absolute atomic E-state index is 0.0604. The lowest BCUT2D eigenvalue weighted by Gasteiger charge is -2.36. The number of carbonyl (C=O) groups excluding carboxylic acids is 1. The molecule has 0 radical (unpaired) electrons. The van der Waals surface area contributed by atoms with Gasteiger partial charge in [0.2, 0.25) is 0 Å². The first-order chi connectivity index (χ1) is 21.2. The van der Waals surface area contributed by atoms with Gasteiger partial charge in [-0.25, -0.2) is 13.2 Å². The monoisotopic (exact) mass is 604 g/mol. The highest BCUT2D eigenvalue weighted by Crippen LogP contribution is 2.45. The second-order valence-corrected chi connectivity index (χ2v) is 13.2. The zero-order valence-electron chi connectivity index (χ0n) is 25.5. The molecule has 2 aliphatic heterocycles. The van der Waals surface area contributed by atoms with Crippen LogP contribution >= 0.6 is 0 Å². The standard InChI is InChI=1S/C36H43F3N4O/c1-36(38,39)30-6-10-33(11-7-30)43-20-13-26(14-21-43)27-4-5-28(22-27)29-12-17-40-34(23-29)35(44)41-32-15-18-42(19-16-32)24-25-2-8-31(37)9-3-25/h2-3,6-12,17,23,26-28,32H,4-5,13-16,18-22,24H2,1H3,(H,41,44). The molecule has 3 heterocycles. The van der Waals surface area contributed by atoms with Crippen molar-refractivity contribution in [2.45, 2.75) is 76.3 Å². The van der Waals surface area contributed by atoms with Crippen molar-refractivity contribution in [3.8, 4) is 0 Å². The van der Waals surface area contributed by atoms with Gasteiger partial charge in [-0.2, -0.15) is 0 Å². The fourth-order valence-electron chi connectivity index (χ4n) is 7.51. The summed E-state index contributed by atoms with van der Waals surface area (Å²) in [5, 5.41) is 3.21. The number of amides is 1. The molecule has 1 aliphatic carbocycles.